The molecule has 0 amide bonds. The molecule has 12 atom stereocenters. The molecule has 33 heavy (non-hydrogen) atoms. The minimum absolute atomic E-state index is 0.0280. The van der Waals surface area contributed by atoms with Crippen LogP contribution in [0.4, 0.5) is 0 Å². The lowest BCUT2D eigenvalue weighted by atomic mass is 9.46. The zero-order chi connectivity index (χ0) is 24.1. The summed E-state index contributed by atoms with van der Waals surface area (Å²) in [6, 6.07) is 0. The van der Waals surface area contributed by atoms with Crippen LogP contribution in [0.5, 0.6) is 0 Å². The van der Waals surface area contributed by atoms with Crippen molar-refractivity contribution in [2.45, 2.75) is 110 Å². The van der Waals surface area contributed by atoms with E-state index in [2.05, 4.69) is 41.5 Å². The number of aliphatic hydroxyl groups excluding tert-OH is 2. The first-order valence-electron chi connectivity index (χ1n) is 13.3. The lowest BCUT2D eigenvalue weighted by molar-refractivity contribution is -0.153. The second kappa shape index (κ2) is 7.62. The minimum Gasteiger partial charge on any atom is -0.390 e. The molecule has 0 spiro atoms. The quantitative estimate of drug-likeness (QED) is 0.554. The highest BCUT2D eigenvalue weighted by atomic mass is 16.6. The standard InChI is InChI=1S/C28H44O5/c1-14(2)15(3)24-25(33-24)16(4)17-8-10-28(32)19-11-21(29)20-12-22(30)23(31)13-26(20,5)18(19)7-9-27(17,28)6/h11,14-18,20,22-25,30-32H,7-10,12-13H2,1-6H3/t15-,16-,17+,18-,20-,22+,23-,24?,25?,26+,27+,28+/m0/s1. The monoisotopic (exact) mass is 460 g/mol. The van der Waals surface area contributed by atoms with Crippen molar-refractivity contribution in [3.63, 3.8) is 0 Å². The smallest absolute Gasteiger partial charge is 0.159 e. The van der Waals surface area contributed by atoms with E-state index in [0.29, 0.717) is 49.0 Å². The van der Waals surface area contributed by atoms with Gasteiger partial charge in [-0.1, -0.05) is 41.5 Å². The van der Waals surface area contributed by atoms with Crippen LogP contribution in [0, 0.1) is 46.3 Å². The number of allylic oxidation sites excluding steroid dienone is 1. The summed E-state index contributed by atoms with van der Waals surface area (Å²) in [6.07, 6.45) is 4.93. The number of ether oxygens (including phenoxy) is 1. The Balaban J connectivity index is 1.44. The average molecular weight is 461 g/mol. The van der Waals surface area contributed by atoms with Gasteiger partial charge < -0.3 is 20.1 Å². The third-order valence-corrected chi connectivity index (χ3v) is 11.5. The first-order chi connectivity index (χ1) is 15.3. The normalized spacial score (nSPS) is 53.1. The summed E-state index contributed by atoms with van der Waals surface area (Å²) in [5.41, 5.74) is -0.740. The topological polar surface area (TPSA) is 90.3 Å². The number of aliphatic hydroxyl groups is 3. The van der Waals surface area contributed by atoms with Gasteiger partial charge >= 0.3 is 0 Å². The van der Waals surface area contributed by atoms with E-state index in [4.69, 9.17) is 4.74 Å². The highest BCUT2D eigenvalue weighted by Gasteiger charge is 2.68. The molecule has 5 nitrogen and oxygen atoms in total. The molecule has 0 radical (unpaired) electrons. The third-order valence-electron chi connectivity index (χ3n) is 11.5. The highest BCUT2D eigenvalue weighted by Crippen LogP contribution is 2.68. The molecular formula is C28H44O5. The van der Waals surface area contributed by atoms with Crippen molar-refractivity contribution in [2.75, 3.05) is 0 Å². The lowest BCUT2D eigenvalue weighted by Gasteiger charge is -2.60. The van der Waals surface area contributed by atoms with E-state index in [1.54, 1.807) is 6.08 Å². The lowest BCUT2D eigenvalue weighted by Crippen LogP contribution is -2.61. The molecule has 5 aliphatic rings. The highest BCUT2D eigenvalue weighted by molar-refractivity contribution is 5.95. The Bertz CT molecular complexity index is 851. The van der Waals surface area contributed by atoms with Crippen molar-refractivity contribution in [3.05, 3.63) is 11.6 Å². The Labute approximate surface area is 199 Å². The largest absolute Gasteiger partial charge is 0.390 e. The number of rotatable bonds is 4. The van der Waals surface area contributed by atoms with Gasteiger partial charge in [0, 0.05) is 11.3 Å². The van der Waals surface area contributed by atoms with E-state index in [9.17, 15) is 20.1 Å². The van der Waals surface area contributed by atoms with Crippen molar-refractivity contribution < 1.29 is 24.9 Å². The van der Waals surface area contributed by atoms with Crippen LogP contribution in [0.15, 0.2) is 11.6 Å². The van der Waals surface area contributed by atoms with Crippen molar-refractivity contribution in [1.82, 2.24) is 0 Å². The van der Waals surface area contributed by atoms with Crippen LogP contribution < -0.4 is 0 Å². The van der Waals surface area contributed by atoms with Gasteiger partial charge in [0.25, 0.3) is 0 Å². The van der Waals surface area contributed by atoms with Gasteiger partial charge in [-0.25, -0.2) is 0 Å². The number of carbonyl (C=O) groups is 1. The van der Waals surface area contributed by atoms with Crippen molar-refractivity contribution >= 4 is 5.78 Å². The van der Waals surface area contributed by atoms with Crippen molar-refractivity contribution in [1.29, 1.82) is 0 Å². The summed E-state index contributed by atoms with van der Waals surface area (Å²) in [5.74, 6) is 1.70. The number of epoxide rings is 1. The van der Waals surface area contributed by atoms with E-state index < -0.39 is 23.2 Å². The molecule has 1 aliphatic heterocycles. The molecule has 3 saturated carbocycles. The first kappa shape index (κ1) is 24.0. The number of ketones is 1. The maximum absolute atomic E-state index is 13.3. The van der Waals surface area contributed by atoms with Crippen molar-refractivity contribution in [3.8, 4) is 0 Å². The fourth-order valence-electron chi connectivity index (χ4n) is 8.84. The molecule has 1 heterocycles. The SMILES string of the molecule is CC(C)[C@H](C)C1OC1[C@@H](C)[C@H]1CC[C@@]2(O)C3=CC(=O)[C@@H]4C[C@@H](O)[C@@H](O)C[C@]4(C)[C@H]3CC[C@]12C. The Hall–Kier alpha value is -0.750. The molecule has 1 saturated heterocycles. The van der Waals surface area contributed by atoms with E-state index in [1.165, 1.54) is 0 Å². The van der Waals surface area contributed by atoms with E-state index in [1.807, 2.05) is 0 Å². The minimum atomic E-state index is -0.979. The van der Waals surface area contributed by atoms with Gasteiger partial charge in [-0.2, -0.15) is 0 Å². The second-order valence-corrected chi connectivity index (χ2v) is 13.2. The van der Waals surface area contributed by atoms with Crippen LogP contribution in [0.2, 0.25) is 0 Å². The molecule has 0 aromatic heterocycles. The molecule has 5 rings (SSSR count). The van der Waals surface area contributed by atoms with Crippen LogP contribution >= 0.6 is 0 Å². The molecule has 186 valence electrons. The number of fused-ring (bicyclic) bond motifs is 5. The first-order valence-corrected chi connectivity index (χ1v) is 13.3. The maximum atomic E-state index is 13.3. The van der Waals surface area contributed by atoms with Crippen LogP contribution in [0.3, 0.4) is 0 Å². The summed E-state index contributed by atoms with van der Waals surface area (Å²) in [4.78, 5) is 13.3. The zero-order valence-electron chi connectivity index (χ0n) is 21.3. The molecule has 5 heteroatoms. The third kappa shape index (κ3) is 3.21. The Kier molecular flexibility index (Phi) is 5.54. The number of carbonyl (C=O) groups excluding carboxylic acids is 1. The van der Waals surface area contributed by atoms with Gasteiger partial charge in [-0.3, -0.25) is 4.79 Å². The zero-order valence-corrected chi connectivity index (χ0v) is 21.3. The van der Waals surface area contributed by atoms with Gasteiger partial charge in [0.05, 0.1) is 30.0 Å². The summed E-state index contributed by atoms with van der Waals surface area (Å²) in [6.45, 7) is 13.5. The fraction of sp³-hybridized carbons (Fsp3) is 0.893. The maximum Gasteiger partial charge on any atom is 0.159 e. The average Bonchev–Trinajstić information content (AvgIpc) is 3.48. The molecule has 4 aliphatic carbocycles. The van der Waals surface area contributed by atoms with Crippen LogP contribution in [-0.4, -0.2) is 51.1 Å². The summed E-state index contributed by atoms with van der Waals surface area (Å²) >= 11 is 0. The predicted octanol–water partition coefficient (Wildman–Crippen LogP) is 3.89. The Morgan fingerprint density at radius 2 is 1.70 bits per heavy atom. The molecule has 0 aromatic rings. The molecule has 2 unspecified atom stereocenters. The molecule has 3 N–H and O–H groups in total. The van der Waals surface area contributed by atoms with Gasteiger partial charge in [0.1, 0.15) is 0 Å². The fourth-order valence-corrected chi connectivity index (χ4v) is 8.84. The molecule has 4 fully saturated rings. The van der Waals surface area contributed by atoms with Crippen LogP contribution in [0.1, 0.15) is 80.1 Å². The molecule has 0 aromatic carbocycles. The van der Waals surface area contributed by atoms with Crippen LogP contribution in [-0.2, 0) is 9.53 Å². The van der Waals surface area contributed by atoms with Gasteiger partial charge in [0.2, 0.25) is 0 Å². The van der Waals surface area contributed by atoms with E-state index >= 15 is 0 Å². The summed E-state index contributed by atoms with van der Waals surface area (Å²) in [7, 11) is 0. The predicted molar refractivity (Wildman–Crippen MR) is 126 cm³/mol. The van der Waals surface area contributed by atoms with E-state index in [-0.39, 0.29) is 29.1 Å². The summed E-state index contributed by atoms with van der Waals surface area (Å²) in [5, 5.41) is 33.1. The van der Waals surface area contributed by atoms with E-state index in [0.717, 1.165) is 24.8 Å². The number of hydrogen-bond acceptors (Lipinski definition) is 5. The number of hydrogen-bond donors (Lipinski definition) is 3. The Morgan fingerprint density at radius 1 is 1.00 bits per heavy atom. The Morgan fingerprint density at radius 3 is 2.36 bits per heavy atom. The van der Waals surface area contributed by atoms with Gasteiger partial charge in [-0.05, 0) is 85.2 Å². The molecule has 0 bridgehead atoms. The molecular weight excluding hydrogens is 416 g/mol. The van der Waals surface area contributed by atoms with Gasteiger partial charge in [-0.15, -0.1) is 0 Å². The van der Waals surface area contributed by atoms with Gasteiger partial charge in [0.15, 0.2) is 5.78 Å². The van der Waals surface area contributed by atoms with Crippen molar-refractivity contribution in [2.24, 2.45) is 46.3 Å². The second-order valence-electron chi connectivity index (χ2n) is 13.2. The van der Waals surface area contributed by atoms with Crippen LogP contribution in [0.25, 0.3) is 0 Å². The summed E-state index contributed by atoms with van der Waals surface area (Å²) < 4.78 is 6.20.